The largest absolute Gasteiger partial charge is 0.387 e. The summed E-state index contributed by atoms with van der Waals surface area (Å²) in [7, 11) is 0. The maximum Gasteiger partial charge on any atom is 0.115 e. The van der Waals surface area contributed by atoms with Crippen molar-refractivity contribution in [2.75, 3.05) is 0 Å². The van der Waals surface area contributed by atoms with Crippen molar-refractivity contribution < 1.29 is 5.11 Å². The molecule has 0 radical (unpaired) electrons. The van der Waals surface area contributed by atoms with Gasteiger partial charge in [-0.15, -0.1) is 0 Å². The van der Waals surface area contributed by atoms with E-state index in [1.54, 1.807) is 12.3 Å². The van der Waals surface area contributed by atoms with E-state index in [4.69, 9.17) is 0 Å². The van der Waals surface area contributed by atoms with E-state index in [2.05, 4.69) is 9.97 Å². The van der Waals surface area contributed by atoms with E-state index in [1.165, 1.54) is 19.2 Å². The average molecular weight is 178 g/mol. The van der Waals surface area contributed by atoms with Crippen molar-refractivity contribution in [3.8, 4) is 0 Å². The molecule has 0 spiro atoms. The van der Waals surface area contributed by atoms with Crippen molar-refractivity contribution in [3.63, 3.8) is 0 Å². The smallest absolute Gasteiger partial charge is 0.115 e. The lowest BCUT2D eigenvalue weighted by molar-refractivity contribution is 0.157. The van der Waals surface area contributed by atoms with Crippen LogP contribution in [0.2, 0.25) is 0 Å². The molecule has 0 saturated heterocycles. The van der Waals surface area contributed by atoms with E-state index >= 15 is 0 Å². The summed E-state index contributed by atoms with van der Waals surface area (Å²) in [4.78, 5) is 7.83. The summed E-state index contributed by atoms with van der Waals surface area (Å²) >= 11 is 0. The highest BCUT2D eigenvalue weighted by Gasteiger charge is 2.22. The Kier molecular flexibility index (Phi) is 2.54. The van der Waals surface area contributed by atoms with Crippen molar-refractivity contribution in [3.05, 3.63) is 24.3 Å². The van der Waals surface area contributed by atoms with Gasteiger partial charge in [-0.05, 0) is 24.8 Å². The van der Waals surface area contributed by atoms with Gasteiger partial charge in [-0.3, -0.25) is 0 Å². The third kappa shape index (κ3) is 2.49. The Morgan fingerprint density at radius 3 is 3.00 bits per heavy atom. The summed E-state index contributed by atoms with van der Waals surface area (Å²) in [6.07, 6.45) is 7.40. The van der Waals surface area contributed by atoms with Crippen LogP contribution in [0.15, 0.2) is 18.6 Å². The number of hydrogen-bond acceptors (Lipinski definition) is 3. The van der Waals surface area contributed by atoms with E-state index in [1.807, 2.05) is 0 Å². The minimum atomic E-state index is -0.399. The van der Waals surface area contributed by atoms with Crippen molar-refractivity contribution in [1.29, 1.82) is 0 Å². The lowest BCUT2D eigenvalue weighted by atomic mass is 10.1. The Morgan fingerprint density at radius 2 is 2.38 bits per heavy atom. The zero-order chi connectivity index (χ0) is 9.10. The van der Waals surface area contributed by atoms with Crippen LogP contribution in [0.3, 0.4) is 0 Å². The van der Waals surface area contributed by atoms with Gasteiger partial charge in [-0.1, -0.05) is 12.8 Å². The molecule has 0 bridgehead atoms. The summed E-state index contributed by atoms with van der Waals surface area (Å²) in [5, 5.41) is 9.71. The first kappa shape index (κ1) is 8.63. The molecule has 1 heterocycles. The summed E-state index contributed by atoms with van der Waals surface area (Å²) in [5.41, 5.74) is 0.746. The summed E-state index contributed by atoms with van der Waals surface area (Å²) in [5.74, 6) is 0.872. The molecule has 0 aromatic carbocycles. The molecule has 0 amide bonds. The molecule has 13 heavy (non-hydrogen) atoms. The van der Waals surface area contributed by atoms with Crippen molar-refractivity contribution in [2.45, 2.75) is 31.8 Å². The molecule has 1 aromatic heterocycles. The minimum absolute atomic E-state index is 0.399. The van der Waals surface area contributed by atoms with Gasteiger partial charge < -0.3 is 5.11 Å². The topological polar surface area (TPSA) is 46.0 Å². The molecular formula is C10H14N2O. The summed E-state index contributed by atoms with van der Waals surface area (Å²) < 4.78 is 0. The first-order chi connectivity index (χ1) is 6.36. The predicted molar refractivity (Wildman–Crippen MR) is 48.9 cm³/mol. The molecule has 0 aliphatic heterocycles. The Morgan fingerprint density at radius 1 is 1.54 bits per heavy atom. The van der Waals surface area contributed by atoms with Crippen LogP contribution in [-0.4, -0.2) is 15.1 Å². The lowest BCUT2D eigenvalue weighted by Crippen LogP contribution is -2.00. The summed E-state index contributed by atoms with van der Waals surface area (Å²) in [6, 6.07) is 1.78. The summed E-state index contributed by atoms with van der Waals surface area (Å²) in [6.45, 7) is 0. The number of aromatic nitrogens is 2. The average Bonchev–Trinajstić information content (AvgIpc) is 2.99. The van der Waals surface area contributed by atoms with Gasteiger partial charge in [-0.25, -0.2) is 9.97 Å². The van der Waals surface area contributed by atoms with E-state index < -0.39 is 6.10 Å². The van der Waals surface area contributed by atoms with Gasteiger partial charge in [0.05, 0.1) is 11.8 Å². The SMILES string of the molecule is OC(CCC1CC1)c1ccncn1. The van der Waals surface area contributed by atoms with Crippen LogP contribution in [-0.2, 0) is 0 Å². The van der Waals surface area contributed by atoms with Crippen molar-refractivity contribution >= 4 is 0 Å². The molecule has 1 aliphatic rings. The molecule has 1 aliphatic carbocycles. The van der Waals surface area contributed by atoms with Crippen LogP contribution in [0, 0.1) is 5.92 Å². The molecule has 1 atom stereocenters. The molecule has 1 fully saturated rings. The Labute approximate surface area is 77.8 Å². The predicted octanol–water partition coefficient (Wildman–Crippen LogP) is 1.70. The maximum absolute atomic E-state index is 9.71. The standard InChI is InChI=1S/C10H14N2O/c13-10(4-3-8-1-2-8)9-5-6-11-7-12-9/h5-8,10,13H,1-4H2. The van der Waals surface area contributed by atoms with E-state index in [0.29, 0.717) is 0 Å². The van der Waals surface area contributed by atoms with Gasteiger partial charge in [0.25, 0.3) is 0 Å². The highest BCUT2D eigenvalue weighted by Crippen LogP contribution is 2.35. The third-order valence-corrected chi connectivity index (χ3v) is 2.49. The number of nitrogens with zero attached hydrogens (tertiary/aromatic N) is 2. The highest BCUT2D eigenvalue weighted by molar-refractivity contribution is 5.01. The lowest BCUT2D eigenvalue weighted by Gasteiger charge is -2.08. The third-order valence-electron chi connectivity index (χ3n) is 2.49. The zero-order valence-corrected chi connectivity index (χ0v) is 7.56. The maximum atomic E-state index is 9.71. The van der Waals surface area contributed by atoms with Crippen LogP contribution in [0.1, 0.15) is 37.5 Å². The number of hydrogen-bond donors (Lipinski definition) is 1. The fourth-order valence-corrected chi connectivity index (χ4v) is 1.45. The van der Waals surface area contributed by atoms with Gasteiger partial charge in [-0.2, -0.15) is 0 Å². The van der Waals surface area contributed by atoms with Gasteiger partial charge in [0.2, 0.25) is 0 Å². The molecule has 1 aromatic rings. The van der Waals surface area contributed by atoms with E-state index in [0.717, 1.165) is 24.5 Å². The van der Waals surface area contributed by atoms with Crippen LogP contribution < -0.4 is 0 Å². The molecule has 3 heteroatoms. The number of aliphatic hydroxyl groups excluding tert-OH is 1. The Bertz CT molecular complexity index is 259. The molecule has 1 unspecified atom stereocenters. The van der Waals surface area contributed by atoms with Crippen LogP contribution in [0.4, 0.5) is 0 Å². The van der Waals surface area contributed by atoms with Gasteiger partial charge in [0.15, 0.2) is 0 Å². The first-order valence-corrected chi connectivity index (χ1v) is 4.80. The molecule has 1 N–H and O–H groups in total. The molecule has 3 nitrogen and oxygen atoms in total. The first-order valence-electron chi connectivity index (χ1n) is 4.80. The minimum Gasteiger partial charge on any atom is -0.387 e. The second-order valence-corrected chi connectivity index (χ2v) is 3.67. The van der Waals surface area contributed by atoms with Crippen molar-refractivity contribution in [2.24, 2.45) is 5.92 Å². The van der Waals surface area contributed by atoms with Gasteiger partial charge in [0, 0.05) is 6.20 Å². The molecule has 2 rings (SSSR count). The number of rotatable bonds is 4. The fourth-order valence-electron chi connectivity index (χ4n) is 1.45. The second-order valence-electron chi connectivity index (χ2n) is 3.67. The van der Waals surface area contributed by atoms with Crippen molar-refractivity contribution in [1.82, 2.24) is 9.97 Å². The van der Waals surface area contributed by atoms with Gasteiger partial charge >= 0.3 is 0 Å². The monoisotopic (exact) mass is 178 g/mol. The van der Waals surface area contributed by atoms with E-state index in [-0.39, 0.29) is 0 Å². The molecule has 1 saturated carbocycles. The highest BCUT2D eigenvalue weighted by atomic mass is 16.3. The van der Waals surface area contributed by atoms with Crippen LogP contribution >= 0.6 is 0 Å². The Hall–Kier alpha value is -0.960. The normalized spacial score (nSPS) is 18.5. The Balaban J connectivity index is 1.85. The molecular weight excluding hydrogens is 164 g/mol. The van der Waals surface area contributed by atoms with Gasteiger partial charge in [0.1, 0.15) is 6.33 Å². The van der Waals surface area contributed by atoms with Crippen LogP contribution in [0.25, 0.3) is 0 Å². The molecule has 70 valence electrons. The fraction of sp³-hybridized carbons (Fsp3) is 0.600. The number of aliphatic hydroxyl groups is 1. The second kappa shape index (κ2) is 3.83. The quantitative estimate of drug-likeness (QED) is 0.763. The van der Waals surface area contributed by atoms with E-state index in [9.17, 15) is 5.11 Å². The van der Waals surface area contributed by atoms with Crippen LogP contribution in [0.5, 0.6) is 0 Å². The zero-order valence-electron chi connectivity index (χ0n) is 7.56.